The van der Waals surface area contributed by atoms with Crippen LogP contribution in [-0.4, -0.2) is 35.4 Å². The molecule has 1 aliphatic rings. The lowest BCUT2D eigenvalue weighted by atomic mass is 9.92. The highest BCUT2D eigenvalue weighted by Crippen LogP contribution is 2.24. The Morgan fingerprint density at radius 2 is 2.10 bits per heavy atom. The Balaban J connectivity index is 2.00. The Morgan fingerprint density at radius 3 is 2.76 bits per heavy atom. The summed E-state index contributed by atoms with van der Waals surface area (Å²) in [5.74, 6) is 0.945. The maximum atomic E-state index is 12.7. The third-order valence-corrected chi connectivity index (χ3v) is 4.22. The van der Waals surface area contributed by atoms with Gasteiger partial charge in [-0.15, -0.1) is 0 Å². The van der Waals surface area contributed by atoms with E-state index in [1.54, 1.807) is 12.4 Å². The summed E-state index contributed by atoms with van der Waals surface area (Å²) in [5, 5.41) is 3.30. The second-order valence-electron chi connectivity index (χ2n) is 5.87. The van der Waals surface area contributed by atoms with Crippen molar-refractivity contribution in [2.45, 2.75) is 46.0 Å². The topological polar surface area (TPSA) is 45.2 Å². The second kappa shape index (κ2) is 8.01. The van der Waals surface area contributed by atoms with Gasteiger partial charge in [0.1, 0.15) is 0 Å². The number of nitrogens with one attached hydrogen (secondary N) is 1. The summed E-state index contributed by atoms with van der Waals surface area (Å²) in [5.41, 5.74) is 1.62. The SMILES string of the molecule is CCCNc1cnccc1C(=O)N1CCC(CCC)CC1. The molecule has 0 aromatic carbocycles. The quantitative estimate of drug-likeness (QED) is 0.871. The molecule has 0 spiro atoms. The number of nitrogens with zero attached hydrogens (tertiary/aromatic N) is 2. The van der Waals surface area contributed by atoms with Crippen LogP contribution in [0.3, 0.4) is 0 Å². The number of aromatic nitrogens is 1. The number of amides is 1. The molecule has 116 valence electrons. The molecule has 0 aliphatic carbocycles. The van der Waals surface area contributed by atoms with Crippen LogP contribution in [-0.2, 0) is 0 Å². The summed E-state index contributed by atoms with van der Waals surface area (Å²) in [6.07, 6.45) is 9.31. The normalized spacial score (nSPS) is 16.0. The molecule has 0 unspecified atom stereocenters. The Kier molecular flexibility index (Phi) is 6.03. The van der Waals surface area contributed by atoms with Crippen LogP contribution in [0.5, 0.6) is 0 Å². The van der Waals surface area contributed by atoms with Crippen LogP contribution in [0, 0.1) is 5.92 Å². The number of anilines is 1. The first-order valence-electron chi connectivity index (χ1n) is 8.23. The van der Waals surface area contributed by atoms with E-state index in [1.807, 2.05) is 11.0 Å². The van der Waals surface area contributed by atoms with Gasteiger partial charge in [-0.2, -0.15) is 0 Å². The highest BCUT2D eigenvalue weighted by Gasteiger charge is 2.24. The number of hydrogen-bond acceptors (Lipinski definition) is 3. The summed E-state index contributed by atoms with van der Waals surface area (Å²) in [7, 11) is 0. The smallest absolute Gasteiger partial charge is 0.256 e. The molecule has 0 radical (unpaired) electrons. The summed E-state index contributed by atoms with van der Waals surface area (Å²) < 4.78 is 0. The zero-order valence-corrected chi connectivity index (χ0v) is 13.3. The first kappa shape index (κ1) is 15.8. The predicted molar refractivity (Wildman–Crippen MR) is 86.6 cm³/mol. The second-order valence-corrected chi connectivity index (χ2v) is 5.87. The van der Waals surface area contributed by atoms with Crippen molar-refractivity contribution in [2.75, 3.05) is 25.0 Å². The summed E-state index contributed by atoms with van der Waals surface area (Å²) >= 11 is 0. The van der Waals surface area contributed by atoms with Gasteiger partial charge in [0.25, 0.3) is 5.91 Å². The van der Waals surface area contributed by atoms with Crippen LogP contribution >= 0.6 is 0 Å². The van der Waals surface area contributed by atoms with Gasteiger partial charge in [-0.05, 0) is 31.2 Å². The number of carbonyl (C=O) groups excluding carboxylic acids is 1. The lowest BCUT2D eigenvalue weighted by Crippen LogP contribution is -2.38. The molecule has 1 aromatic heterocycles. The van der Waals surface area contributed by atoms with Crippen molar-refractivity contribution in [1.82, 2.24) is 9.88 Å². The van der Waals surface area contributed by atoms with E-state index in [9.17, 15) is 4.79 Å². The Labute approximate surface area is 127 Å². The molecule has 2 heterocycles. The van der Waals surface area contributed by atoms with Crippen LogP contribution in [0.15, 0.2) is 18.5 Å². The van der Waals surface area contributed by atoms with Crippen molar-refractivity contribution in [2.24, 2.45) is 5.92 Å². The van der Waals surface area contributed by atoms with E-state index in [-0.39, 0.29) is 5.91 Å². The van der Waals surface area contributed by atoms with Crippen LogP contribution < -0.4 is 5.32 Å². The van der Waals surface area contributed by atoms with Gasteiger partial charge in [0, 0.05) is 25.8 Å². The molecule has 2 rings (SSSR count). The van der Waals surface area contributed by atoms with Gasteiger partial charge in [0.15, 0.2) is 0 Å². The molecule has 4 nitrogen and oxygen atoms in total. The highest BCUT2D eigenvalue weighted by molar-refractivity contribution is 5.99. The molecule has 1 saturated heterocycles. The third kappa shape index (κ3) is 4.19. The van der Waals surface area contributed by atoms with Crippen molar-refractivity contribution < 1.29 is 4.79 Å². The minimum absolute atomic E-state index is 0.144. The lowest BCUT2D eigenvalue weighted by molar-refractivity contribution is 0.0687. The van der Waals surface area contributed by atoms with Crippen molar-refractivity contribution >= 4 is 11.6 Å². The molecule has 0 bridgehead atoms. The summed E-state index contributed by atoms with van der Waals surface area (Å²) in [6, 6.07) is 1.83. The van der Waals surface area contributed by atoms with Crippen molar-refractivity contribution in [3.8, 4) is 0 Å². The molecule has 0 atom stereocenters. The Morgan fingerprint density at radius 1 is 1.33 bits per heavy atom. The first-order valence-corrected chi connectivity index (χ1v) is 8.23. The molecule has 1 aromatic rings. The average molecular weight is 289 g/mol. The van der Waals surface area contributed by atoms with Crippen LogP contribution in [0.1, 0.15) is 56.3 Å². The van der Waals surface area contributed by atoms with Gasteiger partial charge in [0.2, 0.25) is 0 Å². The van der Waals surface area contributed by atoms with E-state index in [0.717, 1.165) is 56.1 Å². The van der Waals surface area contributed by atoms with Crippen molar-refractivity contribution in [3.05, 3.63) is 24.0 Å². The van der Waals surface area contributed by atoms with Crippen LogP contribution in [0.25, 0.3) is 0 Å². The van der Waals surface area contributed by atoms with E-state index < -0.39 is 0 Å². The van der Waals surface area contributed by atoms with Gasteiger partial charge in [-0.3, -0.25) is 9.78 Å². The average Bonchev–Trinajstić information content (AvgIpc) is 2.53. The maximum Gasteiger partial charge on any atom is 0.256 e. The molecule has 1 N–H and O–H groups in total. The van der Waals surface area contributed by atoms with E-state index in [2.05, 4.69) is 24.1 Å². The molecule has 1 aliphatic heterocycles. The Hall–Kier alpha value is -1.58. The van der Waals surface area contributed by atoms with E-state index in [1.165, 1.54) is 12.8 Å². The fourth-order valence-corrected chi connectivity index (χ4v) is 2.98. The molecule has 0 saturated carbocycles. The number of rotatable bonds is 6. The molecule has 1 amide bonds. The minimum atomic E-state index is 0.144. The summed E-state index contributed by atoms with van der Waals surface area (Å²) in [6.45, 7) is 6.99. The van der Waals surface area contributed by atoms with Gasteiger partial charge in [-0.25, -0.2) is 0 Å². The molecular weight excluding hydrogens is 262 g/mol. The van der Waals surface area contributed by atoms with Crippen molar-refractivity contribution in [3.63, 3.8) is 0 Å². The number of likely N-dealkylation sites (tertiary alicyclic amines) is 1. The van der Waals surface area contributed by atoms with Crippen molar-refractivity contribution in [1.29, 1.82) is 0 Å². The zero-order valence-electron chi connectivity index (χ0n) is 13.3. The van der Waals surface area contributed by atoms with E-state index in [0.29, 0.717) is 0 Å². The summed E-state index contributed by atoms with van der Waals surface area (Å²) in [4.78, 5) is 18.8. The molecule has 21 heavy (non-hydrogen) atoms. The molecular formula is C17H27N3O. The van der Waals surface area contributed by atoms with Crippen LogP contribution in [0.4, 0.5) is 5.69 Å². The molecule has 4 heteroatoms. The first-order chi connectivity index (χ1) is 10.3. The van der Waals surface area contributed by atoms with Crippen LogP contribution in [0.2, 0.25) is 0 Å². The fraction of sp³-hybridized carbons (Fsp3) is 0.647. The maximum absolute atomic E-state index is 12.7. The number of carbonyl (C=O) groups is 1. The fourth-order valence-electron chi connectivity index (χ4n) is 2.98. The monoisotopic (exact) mass is 289 g/mol. The number of piperidine rings is 1. The zero-order chi connectivity index (χ0) is 15.1. The largest absolute Gasteiger partial charge is 0.383 e. The van der Waals surface area contributed by atoms with Gasteiger partial charge < -0.3 is 10.2 Å². The minimum Gasteiger partial charge on any atom is -0.383 e. The van der Waals surface area contributed by atoms with E-state index >= 15 is 0 Å². The number of hydrogen-bond donors (Lipinski definition) is 1. The Bertz CT molecular complexity index is 453. The van der Waals surface area contributed by atoms with Gasteiger partial charge in [-0.1, -0.05) is 26.7 Å². The third-order valence-electron chi connectivity index (χ3n) is 4.22. The predicted octanol–water partition coefficient (Wildman–Crippen LogP) is 3.56. The lowest BCUT2D eigenvalue weighted by Gasteiger charge is -2.32. The standard InChI is InChI=1S/C17H27N3O/c1-3-5-14-7-11-20(12-8-14)17(21)15-6-10-18-13-16(15)19-9-4-2/h6,10,13-14,19H,3-5,7-9,11-12H2,1-2H3. The number of pyridine rings is 1. The molecule has 1 fully saturated rings. The highest BCUT2D eigenvalue weighted by atomic mass is 16.2. The van der Waals surface area contributed by atoms with E-state index in [4.69, 9.17) is 0 Å². The van der Waals surface area contributed by atoms with Gasteiger partial charge >= 0.3 is 0 Å². The van der Waals surface area contributed by atoms with Gasteiger partial charge in [0.05, 0.1) is 17.4 Å².